The van der Waals surface area contributed by atoms with Crippen molar-refractivity contribution in [3.05, 3.63) is 73.1 Å². The van der Waals surface area contributed by atoms with Gasteiger partial charge in [-0.2, -0.15) is 0 Å². The molecule has 2 heterocycles. The number of benzene rings is 2. The fraction of sp³-hybridized carbons (Fsp3) is 0.125. The molecule has 0 saturated heterocycles. The molecule has 4 aromatic rings. The van der Waals surface area contributed by atoms with E-state index in [2.05, 4.69) is 20.6 Å². The summed E-state index contributed by atoms with van der Waals surface area (Å²) < 4.78 is 0. The quantitative estimate of drug-likeness (QED) is 0.187. The van der Waals surface area contributed by atoms with Gasteiger partial charge >= 0.3 is 0 Å². The molecule has 0 bridgehead atoms. The van der Waals surface area contributed by atoms with Crippen molar-refractivity contribution < 1.29 is 19.6 Å². The van der Waals surface area contributed by atoms with Crippen molar-refractivity contribution >= 4 is 50.8 Å². The standard InChI is InChI=1S/C24H21N5O4/c30-22(14-25-17-9-15-5-1-3-7-20(15)26-12-17)19(11-23(31)29-33)24(32)28-18-10-16-6-2-4-8-21(16)27-13-18/h1-10,12-13,19,25,33H,11,14H2,(H,28,32)(H,29,31). The van der Waals surface area contributed by atoms with Gasteiger partial charge in [0.15, 0.2) is 5.78 Å². The molecule has 166 valence electrons. The van der Waals surface area contributed by atoms with E-state index < -0.39 is 29.9 Å². The summed E-state index contributed by atoms with van der Waals surface area (Å²) in [5.74, 6) is -3.34. The number of carbonyl (C=O) groups is 3. The lowest BCUT2D eigenvalue weighted by Gasteiger charge is -2.16. The molecule has 0 aliphatic carbocycles. The first-order valence-corrected chi connectivity index (χ1v) is 10.2. The third kappa shape index (κ3) is 5.28. The van der Waals surface area contributed by atoms with E-state index in [0.717, 1.165) is 21.8 Å². The van der Waals surface area contributed by atoms with E-state index in [9.17, 15) is 14.4 Å². The molecule has 1 atom stereocenters. The van der Waals surface area contributed by atoms with Crippen molar-refractivity contribution in [3.63, 3.8) is 0 Å². The number of amides is 2. The predicted molar refractivity (Wildman–Crippen MR) is 124 cm³/mol. The highest BCUT2D eigenvalue weighted by Gasteiger charge is 2.29. The summed E-state index contributed by atoms with van der Waals surface area (Å²) in [6.45, 7) is -0.202. The van der Waals surface area contributed by atoms with Crippen LogP contribution in [0.5, 0.6) is 0 Å². The van der Waals surface area contributed by atoms with Crippen LogP contribution >= 0.6 is 0 Å². The van der Waals surface area contributed by atoms with Gasteiger partial charge in [-0.3, -0.25) is 29.6 Å². The van der Waals surface area contributed by atoms with Gasteiger partial charge in [-0.15, -0.1) is 0 Å². The lowest BCUT2D eigenvalue weighted by atomic mass is 9.98. The number of Topliss-reactive ketones (excluding diaryl/α,β-unsaturated/α-hetero) is 1. The Bertz CT molecular complexity index is 1340. The first-order chi connectivity index (χ1) is 16.0. The summed E-state index contributed by atoms with van der Waals surface area (Å²) in [5.41, 5.74) is 4.05. The molecule has 0 saturated carbocycles. The van der Waals surface area contributed by atoms with Crippen molar-refractivity contribution in [1.29, 1.82) is 0 Å². The first-order valence-electron chi connectivity index (χ1n) is 10.2. The second kappa shape index (κ2) is 9.84. The molecule has 4 rings (SSSR count). The highest BCUT2D eigenvalue weighted by Crippen LogP contribution is 2.19. The van der Waals surface area contributed by atoms with Gasteiger partial charge in [0.2, 0.25) is 11.8 Å². The zero-order valence-electron chi connectivity index (χ0n) is 17.5. The molecule has 0 spiro atoms. The van der Waals surface area contributed by atoms with Crippen LogP contribution < -0.4 is 16.1 Å². The van der Waals surface area contributed by atoms with Crippen LogP contribution in [-0.2, 0) is 14.4 Å². The Morgan fingerprint density at radius 2 is 1.42 bits per heavy atom. The number of aromatic nitrogens is 2. The Balaban J connectivity index is 1.47. The normalized spacial score (nSPS) is 11.7. The van der Waals surface area contributed by atoms with Gasteiger partial charge in [0.05, 0.1) is 41.3 Å². The molecule has 0 aliphatic heterocycles. The topological polar surface area (TPSA) is 133 Å². The third-order valence-electron chi connectivity index (χ3n) is 5.13. The van der Waals surface area contributed by atoms with Gasteiger partial charge in [-0.25, -0.2) is 5.48 Å². The molecule has 1 unspecified atom stereocenters. The third-order valence-corrected chi connectivity index (χ3v) is 5.13. The molecule has 4 N–H and O–H groups in total. The molecule has 9 nitrogen and oxygen atoms in total. The van der Waals surface area contributed by atoms with Crippen LogP contribution in [0.25, 0.3) is 21.8 Å². The number of hydrogen-bond acceptors (Lipinski definition) is 7. The summed E-state index contributed by atoms with van der Waals surface area (Å²) in [7, 11) is 0. The number of fused-ring (bicyclic) bond motifs is 2. The maximum absolute atomic E-state index is 12.9. The predicted octanol–water partition coefficient (Wildman–Crippen LogP) is 2.91. The number of para-hydroxylation sites is 2. The molecule has 2 aromatic heterocycles. The zero-order valence-corrected chi connectivity index (χ0v) is 17.5. The molecule has 0 radical (unpaired) electrons. The highest BCUT2D eigenvalue weighted by molar-refractivity contribution is 6.10. The number of nitrogens with zero attached hydrogens (tertiary/aromatic N) is 2. The Hall–Kier alpha value is -4.37. The second-order valence-corrected chi connectivity index (χ2v) is 7.43. The van der Waals surface area contributed by atoms with Crippen molar-refractivity contribution in [2.24, 2.45) is 5.92 Å². The average Bonchev–Trinajstić information content (AvgIpc) is 2.85. The SMILES string of the molecule is O=C(CC(C(=O)CNc1cnc2ccccc2c1)C(=O)Nc1cnc2ccccc2c1)NO. The monoisotopic (exact) mass is 443 g/mol. The minimum Gasteiger partial charge on any atom is -0.377 e. The van der Waals surface area contributed by atoms with Crippen LogP contribution in [-0.4, -0.2) is 39.3 Å². The first kappa shape index (κ1) is 21.8. The van der Waals surface area contributed by atoms with Crippen molar-refractivity contribution in [2.75, 3.05) is 17.2 Å². The van der Waals surface area contributed by atoms with Crippen LogP contribution in [0.15, 0.2) is 73.1 Å². The number of carbonyl (C=O) groups excluding carboxylic acids is 3. The number of rotatable bonds is 8. The minimum absolute atomic E-state index is 0.202. The van der Waals surface area contributed by atoms with Crippen LogP contribution in [0.1, 0.15) is 6.42 Å². The number of hydrogen-bond donors (Lipinski definition) is 4. The highest BCUT2D eigenvalue weighted by atomic mass is 16.5. The van der Waals surface area contributed by atoms with E-state index in [0.29, 0.717) is 11.4 Å². The number of ketones is 1. The zero-order chi connectivity index (χ0) is 23.2. The minimum atomic E-state index is -1.32. The van der Waals surface area contributed by atoms with Crippen LogP contribution in [0.3, 0.4) is 0 Å². The second-order valence-electron chi connectivity index (χ2n) is 7.43. The molecule has 33 heavy (non-hydrogen) atoms. The van der Waals surface area contributed by atoms with Crippen LogP contribution in [0.4, 0.5) is 11.4 Å². The average molecular weight is 443 g/mol. The number of hydroxylamine groups is 1. The molecule has 2 aromatic carbocycles. The molecule has 2 amide bonds. The molecule has 0 aliphatic rings. The summed E-state index contributed by atoms with van der Waals surface area (Å²) in [6, 6.07) is 18.5. The van der Waals surface area contributed by atoms with E-state index in [-0.39, 0.29) is 6.54 Å². The van der Waals surface area contributed by atoms with Gasteiger partial charge in [-0.1, -0.05) is 36.4 Å². The summed E-state index contributed by atoms with van der Waals surface area (Å²) in [6.07, 6.45) is 2.57. The van der Waals surface area contributed by atoms with Gasteiger partial charge in [0.25, 0.3) is 0 Å². The number of anilines is 2. The maximum Gasteiger partial charge on any atom is 0.244 e. The lowest BCUT2D eigenvalue weighted by Crippen LogP contribution is -2.37. The Labute approximate surface area is 188 Å². The van der Waals surface area contributed by atoms with E-state index in [1.54, 1.807) is 12.3 Å². The molecule has 9 heteroatoms. The number of pyridine rings is 2. The van der Waals surface area contributed by atoms with E-state index >= 15 is 0 Å². The van der Waals surface area contributed by atoms with Crippen molar-refractivity contribution in [2.45, 2.75) is 6.42 Å². The lowest BCUT2D eigenvalue weighted by molar-refractivity contribution is -0.138. The van der Waals surface area contributed by atoms with E-state index in [1.807, 2.05) is 54.6 Å². The summed E-state index contributed by atoms with van der Waals surface area (Å²) in [5, 5.41) is 16.2. The van der Waals surface area contributed by atoms with E-state index in [1.165, 1.54) is 11.7 Å². The fourth-order valence-corrected chi connectivity index (χ4v) is 3.43. The fourth-order valence-electron chi connectivity index (χ4n) is 3.43. The van der Waals surface area contributed by atoms with Crippen molar-refractivity contribution in [3.8, 4) is 0 Å². The summed E-state index contributed by atoms with van der Waals surface area (Å²) in [4.78, 5) is 46.1. The van der Waals surface area contributed by atoms with Crippen LogP contribution in [0, 0.1) is 5.92 Å². The Kier molecular flexibility index (Phi) is 6.51. The van der Waals surface area contributed by atoms with Crippen molar-refractivity contribution in [1.82, 2.24) is 15.4 Å². The Morgan fingerprint density at radius 3 is 2.06 bits per heavy atom. The van der Waals surface area contributed by atoms with Gasteiger partial charge in [0, 0.05) is 17.2 Å². The molecular formula is C24H21N5O4. The number of nitrogens with one attached hydrogen (secondary N) is 3. The largest absolute Gasteiger partial charge is 0.377 e. The van der Waals surface area contributed by atoms with E-state index in [4.69, 9.17) is 5.21 Å². The van der Waals surface area contributed by atoms with Gasteiger partial charge in [-0.05, 0) is 24.3 Å². The Morgan fingerprint density at radius 1 is 0.848 bits per heavy atom. The summed E-state index contributed by atoms with van der Waals surface area (Å²) >= 11 is 0. The van der Waals surface area contributed by atoms with Crippen LogP contribution in [0.2, 0.25) is 0 Å². The van der Waals surface area contributed by atoms with Gasteiger partial charge < -0.3 is 10.6 Å². The maximum atomic E-state index is 12.9. The molecule has 0 fully saturated rings. The molecular weight excluding hydrogens is 422 g/mol. The smallest absolute Gasteiger partial charge is 0.244 e. The van der Waals surface area contributed by atoms with Gasteiger partial charge in [0.1, 0.15) is 5.92 Å².